The lowest BCUT2D eigenvalue weighted by Crippen LogP contribution is -2.35. The summed E-state index contributed by atoms with van der Waals surface area (Å²) in [5.41, 5.74) is 1.24. The highest BCUT2D eigenvalue weighted by Gasteiger charge is 2.25. The number of ether oxygens (including phenoxy) is 2. The van der Waals surface area contributed by atoms with E-state index in [1.807, 2.05) is 6.07 Å². The van der Waals surface area contributed by atoms with Crippen LogP contribution in [0.25, 0.3) is 0 Å². The molecule has 0 saturated carbocycles. The molecule has 2 rings (SSSR count). The molecule has 2 aromatic heterocycles. The van der Waals surface area contributed by atoms with E-state index in [1.165, 1.54) is 11.2 Å². The number of nitrogens with one attached hydrogen (secondary N) is 1. The van der Waals surface area contributed by atoms with Crippen molar-refractivity contribution in [2.24, 2.45) is 0 Å². The van der Waals surface area contributed by atoms with Gasteiger partial charge in [-0.3, -0.25) is 4.79 Å². The van der Waals surface area contributed by atoms with E-state index in [0.29, 0.717) is 17.0 Å². The Morgan fingerprint density at radius 2 is 2.00 bits per heavy atom. The number of rotatable bonds is 9. The summed E-state index contributed by atoms with van der Waals surface area (Å²) in [4.78, 5) is 41.1. The SMILES string of the molecule is CCOC(=O)c1c(C)[nH]c(C(=O)OCC(=O)N(CCC#N)Cc2ccco2)c1C. The molecular weight excluding hydrogens is 378 g/mol. The first kappa shape index (κ1) is 21.8. The number of aromatic nitrogens is 1. The van der Waals surface area contributed by atoms with Crippen LogP contribution < -0.4 is 0 Å². The van der Waals surface area contributed by atoms with Crippen molar-refractivity contribution in [2.45, 2.75) is 33.7 Å². The number of nitrogens with zero attached hydrogens (tertiary/aromatic N) is 2. The lowest BCUT2D eigenvalue weighted by atomic mass is 10.1. The first-order valence-electron chi connectivity index (χ1n) is 9.09. The molecule has 0 fully saturated rings. The van der Waals surface area contributed by atoms with E-state index in [4.69, 9.17) is 19.2 Å². The maximum Gasteiger partial charge on any atom is 0.355 e. The smallest absolute Gasteiger partial charge is 0.355 e. The number of furan rings is 1. The van der Waals surface area contributed by atoms with Crippen molar-refractivity contribution in [2.75, 3.05) is 19.8 Å². The van der Waals surface area contributed by atoms with E-state index in [-0.39, 0.29) is 37.4 Å². The molecule has 0 unspecified atom stereocenters. The van der Waals surface area contributed by atoms with Crippen LogP contribution in [0.2, 0.25) is 0 Å². The third kappa shape index (κ3) is 5.48. The second-order valence-corrected chi connectivity index (χ2v) is 6.22. The monoisotopic (exact) mass is 401 g/mol. The van der Waals surface area contributed by atoms with Crippen LogP contribution in [0.5, 0.6) is 0 Å². The maximum absolute atomic E-state index is 12.5. The Bertz CT molecular complexity index is 908. The largest absolute Gasteiger partial charge is 0.467 e. The minimum absolute atomic E-state index is 0.0907. The molecule has 2 aromatic rings. The minimum atomic E-state index is -0.757. The van der Waals surface area contributed by atoms with Gasteiger partial charge in [-0.05, 0) is 38.5 Å². The molecule has 2 heterocycles. The number of H-pyrrole nitrogens is 1. The lowest BCUT2D eigenvalue weighted by molar-refractivity contribution is -0.135. The van der Waals surface area contributed by atoms with Gasteiger partial charge < -0.3 is 23.8 Å². The van der Waals surface area contributed by atoms with Crippen LogP contribution in [0.1, 0.15) is 51.2 Å². The molecule has 1 amide bonds. The van der Waals surface area contributed by atoms with Gasteiger partial charge in [-0.25, -0.2) is 9.59 Å². The van der Waals surface area contributed by atoms with Crippen LogP contribution >= 0.6 is 0 Å². The summed E-state index contributed by atoms with van der Waals surface area (Å²) in [7, 11) is 0. The number of aryl methyl sites for hydroxylation is 1. The second-order valence-electron chi connectivity index (χ2n) is 6.22. The highest BCUT2D eigenvalue weighted by molar-refractivity contribution is 5.99. The van der Waals surface area contributed by atoms with Crippen molar-refractivity contribution in [3.8, 4) is 6.07 Å². The van der Waals surface area contributed by atoms with Gasteiger partial charge in [-0.15, -0.1) is 0 Å². The zero-order valence-electron chi connectivity index (χ0n) is 16.6. The highest BCUT2D eigenvalue weighted by atomic mass is 16.5. The maximum atomic E-state index is 12.5. The van der Waals surface area contributed by atoms with Crippen molar-refractivity contribution in [1.29, 1.82) is 5.26 Å². The topological polar surface area (TPSA) is 126 Å². The van der Waals surface area contributed by atoms with Crippen molar-refractivity contribution in [1.82, 2.24) is 9.88 Å². The molecule has 9 heteroatoms. The van der Waals surface area contributed by atoms with E-state index in [1.54, 1.807) is 32.9 Å². The van der Waals surface area contributed by atoms with Gasteiger partial charge in [0.2, 0.25) is 0 Å². The number of carbonyl (C=O) groups is 3. The summed E-state index contributed by atoms with van der Waals surface area (Å²) in [6, 6.07) is 5.38. The number of aromatic amines is 1. The van der Waals surface area contributed by atoms with Gasteiger partial charge in [-0.1, -0.05) is 0 Å². The predicted molar refractivity (Wildman–Crippen MR) is 101 cm³/mol. The zero-order chi connectivity index (χ0) is 21.4. The second kappa shape index (κ2) is 10.1. The molecule has 0 aromatic carbocycles. The number of hydrogen-bond acceptors (Lipinski definition) is 7. The standard InChI is InChI=1S/C20H23N3O6/c1-4-27-19(25)17-13(2)18(22-14(17)3)20(26)29-12-16(24)23(9-6-8-21)11-15-7-5-10-28-15/h5,7,10,22H,4,6,9,11-12H2,1-3H3. The van der Waals surface area contributed by atoms with Crippen LogP contribution in [0.4, 0.5) is 0 Å². The Labute approximate surface area is 168 Å². The van der Waals surface area contributed by atoms with Crippen molar-refractivity contribution in [3.05, 3.63) is 46.7 Å². The number of amides is 1. The Morgan fingerprint density at radius 1 is 1.24 bits per heavy atom. The van der Waals surface area contributed by atoms with E-state index >= 15 is 0 Å². The third-order valence-corrected chi connectivity index (χ3v) is 4.22. The number of hydrogen-bond donors (Lipinski definition) is 1. The van der Waals surface area contributed by atoms with E-state index in [2.05, 4.69) is 4.98 Å². The summed E-state index contributed by atoms with van der Waals surface area (Å²) < 4.78 is 15.4. The van der Waals surface area contributed by atoms with Crippen molar-refractivity contribution < 1.29 is 28.3 Å². The molecule has 0 aliphatic rings. The Balaban J connectivity index is 2.04. The first-order valence-corrected chi connectivity index (χ1v) is 9.09. The van der Waals surface area contributed by atoms with Gasteiger partial charge in [0.15, 0.2) is 6.61 Å². The molecule has 9 nitrogen and oxygen atoms in total. The fraction of sp³-hybridized carbons (Fsp3) is 0.400. The summed E-state index contributed by atoms with van der Waals surface area (Å²) >= 11 is 0. The first-order chi connectivity index (χ1) is 13.9. The molecule has 0 saturated heterocycles. The van der Waals surface area contributed by atoms with Gasteiger partial charge in [0.1, 0.15) is 11.5 Å². The highest BCUT2D eigenvalue weighted by Crippen LogP contribution is 2.20. The van der Waals surface area contributed by atoms with Gasteiger partial charge in [0.25, 0.3) is 5.91 Å². The molecule has 154 valence electrons. The molecule has 29 heavy (non-hydrogen) atoms. The summed E-state index contributed by atoms with van der Waals surface area (Å²) in [5.74, 6) is -1.20. The summed E-state index contributed by atoms with van der Waals surface area (Å²) in [6.45, 7) is 5.00. The van der Waals surface area contributed by atoms with Gasteiger partial charge in [-0.2, -0.15) is 5.26 Å². The fourth-order valence-corrected chi connectivity index (χ4v) is 2.82. The Hall–Kier alpha value is -3.54. The van der Waals surface area contributed by atoms with Gasteiger partial charge in [0, 0.05) is 12.2 Å². The normalized spacial score (nSPS) is 10.3. The van der Waals surface area contributed by atoms with E-state index in [9.17, 15) is 14.4 Å². The molecular formula is C20H23N3O6. The Kier molecular flexibility index (Phi) is 7.60. The molecule has 0 bridgehead atoms. The van der Waals surface area contributed by atoms with Crippen molar-refractivity contribution in [3.63, 3.8) is 0 Å². The molecule has 0 atom stereocenters. The summed E-state index contributed by atoms with van der Waals surface area (Å²) in [5, 5.41) is 8.79. The molecule has 0 radical (unpaired) electrons. The van der Waals surface area contributed by atoms with Crippen LogP contribution in [-0.4, -0.2) is 47.5 Å². The lowest BCUT2D eigenvalue weighted by Gasteiger charge is -2.20. The number of nitriles is 1. The fourth-order valence-electron chi connectivity index (χ4n) is 2.82. The third-order valence-electron chi connectivity index (χ3n) is 4.22. The quantitative estimate of drug-likeness (QED) is 0.640. The van der Waals surface area contributed by atoms with Crippen LogP contribution in [0, 0.1) is 25.2 Å². The average molecular weight is 401 g/mol. The van der Waals surface area contributed by atoms with Crippen LogP contribution in [0.15, 0.2) is 22.8 Å². The van der Waals surface area contributed by atoms with Gasteiger partial charge >= 0.3 is 11.9 Å². The Morgan fingerprint density at radius 3 is 2.62 bits per heavy atom. The van der Waals surface area contributed by atoms with E-state index < -0.39 is 24.5 Å². The number of esters is 2. The molecule has 0 spiro atoms. The predicted octanol–water partition coefficient (Wildman–Crippen LogP) is 2.50. The van der Waals surface area contributed by atoms with Gasteiger partial charge in [0.05, 0.1) is 37.5 Å². The minimum Gasteiger partial charge on any atom is -0.467 e. The van der Waals surface area contributed by atoms with E-state index in [0.717, 1.165) is 0 Å². The average Bonchev–Trinajstić information content (AvgIpc) is 3.30. The van der Waals surface area contributed by atoms with Crippen molar-refractivity contribution >= 4 is 17.8 Å². The number of carbonyl (C=O) groups excluding carboxylic acids is 3. The molecule has 1 N–H and O–H groups in total. The molecule has 0 aliphatic heterocycles. The summed E-state index contributed by atoms with van der Waals surface area (Å²) in [6.07, 6.45) is 1.62. The zero-order valence-corrected chi connectivity index (χ0v) is 16.6. The molecule has 0 aliphatic carbocycles. The van der Waals surface area contributed by atoms with Crippen LogP contribution in [-0.2, 0) is 20.8 Å². The van der Waals surface area contributed by atoms with Crippen LogP contribution in [0.3, 0.4) is 0 Å².